The van der Waals surface area contributed by atoms with Gasteiger partial charge in [0.05, 0.1) is 23.9 Å². The molecule has 2 aliphatic heterocycles. The maximum atomic E-state index is 5.91. The zero-order valence-corrected chi connectivity index (χ0v) is 18.3. The molecule has 2 bridgehead atoms. The fourth-order valence-electron chi connectivity index (χ4n) is 3.73. The number of hydrogen-bond donors (Lipinski definition) is 2. The molecule has 0 saturated carbocycles. The molecule has 2 aliphatic rings. The van der Waals surface area contributed by atoms with Crippen molar-refractivity contribution in [1.29, 1.82) is 0 Å². The number of rotatable bonds is 6. The van der Waals surface area contributed by atoms with Crippen LogP contribution in [0.1, 0.15) is 30.5 Å². The van der Waals surface area contributed by atoms with Gasteiger partial charge in [0, 0.05) is 19.8 Å². The normalized spacial score (nSPS) is 23.2. The second-order valence-electron chi connectivity index (χ2n) is 7.04. The molecule has 6 nitrogen and oxygen atoms in total. The standard InChI is InChI=1S/C21H26N4O2.HI/c1-22-21(25-19-12-18-8-9-20(19)27-18)24-13-15-5-4-7-17(11-15)26-14-16-6-2-3-10-23-16;/h2-7,10-11,18-20H,8-9,12-14H2,1H3,(H2,22,24,25);1H. The molecular weight excluding hydrogens is 467 g/mol. The maximum Gasteiger partial charge on any atom is 0.191 e. The second-order valence-corrected chi connectivity index (χ2v) is 7.04. The van der Waals surface area contributed by atoms with Gasteiger partial charge in [-0.1, -0.05) is 18.2 Å². The highest BCUT2D eigenvalue weighted by Crippen LogP contribution is 2.34. The van der Waals surface area contributed by atoms with E-state index >= 15 is 0 Å². The van der Waals surface area contributed by atoms with Crippen molar-refractivity contribution in [3.63, 3.8) is 0 Å². The van der Waals surface area contributed by atoms with Crippen LogP contribution in [-0.4, -0.2) is 36.2 Å². The maximum absolute atomic E-state index is 5.91. The Morgan fingerprint density at radius 1 is 1.25 bits per heavy atom. The Morgan fingerprint density at radius 2 is 2.18 bits per heavy atom. The summed E-state index contributed by atoms with van der Waals surface area (Å²) in [5.74, 6) is 1.65. The van der Waals surface area contributed by atoms with E-state index in [1.807, 2.05) is 36.4 Å². The minimum atomic E-state index is 0. The first-order valence-electron chi connectivity index (χ1n) is 9.54. The average Bonchev–Trinajstić information content (AvgIpc) is 3.34. The third-order valence-corrected chi connectivity index (χ3v) is 5.12. The first-order chi connectivity index (χ1) is 13.3. The van der Waals surface area contributed by atoms with Gasteiger partial charge >= 0.3 is 0 Å². The number of nitrogens with one attached hydrogen (secondary N) is 2. The van der Waals surface area contributed by atoms with Crippen LogP contribution in [0.4, 0.5) is 0 Å². The van der Waals surface area contributed by atoms with Crippen LogP contribution in [0.5, 0.6) is 5.75 Å². The molecule has 0 aliphatic carbocycles. The van der Waals surface area contributed by atoms with E-state index in [9.17, 15) is 0 Å². The molecule has 28 heavy (non-hydrogen) atoms. The minimum absolute atomic E-state index is 0. The molecule has 2 N–H and O–H groups in total. The number of hydrogen-bond acceptors (Lipinski definition) is 4. The van der Waals surface area contributed by atoms with Gasteiger partial charge in [-0.15, -0.1) is 24.0 Å². The van der Waals surface area contributed by atoms with E-state index in [1.54, 1.807) is 13.2 Å². The molecular formula is C21H27IN4O2. The average molecular weight is 494 g/mol. The summed E-state index contributed by atoms with van der Waals surface area (Å²) < 4.78 is 11.8. The van der Waals surface area contributed by atoms with Crippen molar-refractivity contribution in [2.24, 2.45) is 4.99 Å². The Hall–Kier alpha value is -1.87. The van der Waals surface area contributed by atoms with E-state index in [4.69, 9.17) is 9.47 Å². The highest BCUT2D eigenvalue weighted by atomic mass is 127. The zero-order valence-electron chi connectivity index (χ0n) is 16.0. The number of ether oxygens (including phenoxy) is 2. The van der Waals surface area contributed by atoms with Crippen molar-refractivity contribution in [3.8, 4) is 5.75 Å². The lowest BCUT2D eigenvalue weighted by atomic mass is 9.96. The van der Waals surface area contributed by atoms with E-state index in [2.05, 4.69) is 26.7 Å². The molecule has 0 radical (unpaired) electrons. The number of guanidine groups is 1. The summed E-state index contributed by atoms with van der Waals surface area (Å²) in [5, 5.41) is 6.89. The zero-order chi connectivity index (χ0) is 18.5. The summed E-state index contributed by atoms with van der Waals surface area (Å²) in [6, 6.07) is 14.3. The predicted molar refractivity (Wildman–Crippen MR) is 120 cm³/mol. The van der Waals surface area contributed by atoms with Crippen LogP contribution >= 0.6 is 24.0 Å². The highest BCUT2D eigenvalue weighted by molar-refractivity contribution is 14.0. The lowest BCUT2D eigenvalue weighted by Gasteiger charge is -2.22. The molecule has 3 atom stereocenters. The molecule has 3 unspecified atom stereocenters. The van der Waals surface area contributed by atoms with Crippen LogP contribution in [0.3, 0.4) is 0 Å². The van der Waals surface area contributed by atoms with Gasteiger partial charge in [0.1, 0.15) is 12.4 Å². The molecule has 1 aromatic carbocycles. The predicted octanol–water partition coefficient (Wildman–Crippen LogP) is 3.26. The monoisotopic (exact) mass is 494 g/mol. The number of nitrogens with zero attached hydrogens (tertiary/aromatic N) is 2. The Balaban J connectivity index is 0.00000225. The summed E-state index contributed by atoms with van der Waals surface area (Å²) in [6.07, 6.45) is 5.95. The Labute approximate surface area is 183 Å². The number of benzene rings is 1. The summed E-state index contributed by atoms with van der Waals surface area (Å²) in [5.41, 5.74) is 2.05. The molecule has 2 aromatic rings. The van der Waals surface area contributed by atoms with Crippen LogP contribution in [0.2, 0.25) is 0 Å². The van der Waals surface area contributed by atoms with E-state index < -0.39 is 0 Å². The molecule has 0 spiro atoms. The van der Waals surface area contributed by atoms with Gasteiger partial charge in [-0.05, 0) is 49.1 Å². The quantitative estimate of drug-likeness (QED) is 0.367. The van der Waals surface area contributed by atoms with Gasteiger partial charge in [-0.3, -0.25) is 9.98 Å². The molecule has 0 amide bonds. The molecule has 2 fully saturated rings. The van der Waals surface area contributed by atoms with Crippen LogP contribution in [0, 0.1) is 0 Å². The molecule has 7 heteroatoms. The minimum Gasteiger partial charge on any atom is -0.487 e. The highest BCUT2D eigenvalue weighted by Gasteiger charge is 2.41. The van der Waals surface area contributed by atoms with Crippen LogP contribution in [-0.2, 0) is 17.9 Å². The molecule has 150 valence electrons. The number of halogens is 1. The summed E-state index contributed by atoms with van der Waals surface area (Å²) in [7, 11) is 1.80. The van der Waals surface area contributed by atoms with Crippen LogP contribution in [0.25, 0.3) is 0 Å². The molecule has 1 aromatic heterocycles. The van der Waals surface area contributed by atoms with E-state index in [1.165, 1.54) is 6.42 Å². The lowest BCUT2D eigenvalue weighted by molar-refractivity contribution is 0.0992. The first kappa shape index (κ1) is 20.9. The summed E-state index contributed by atoms with van der Waals surface area (Å²) in [4.78, 5) is 8.63. The number of aromatic nitrogens is 1. The first-order valence-corrected chi connectivity index (χ1v) is 9.54. The third kappa shape index (κ3) is 5.35. The van der Waals surface area contributed by atoms with E-state index in [0.717, 1.165) is 35.8 Å². The van der Waals surface area contributed by atoms with Gasteiger partial charge in [0.2, 0.25) is 0 Å². The fourth-order valence-corrected chi connectivity index (χ4v) is 3.73. The molecule has 4 rings (SSSR count). The Morgan fingerprint density at radius 3 is 2.89 bits per heavy atom. The van der Waals surface area contributed by atoms with Crippen LogP contribution in [0.15, 0.2) is 53.7 Å². The smallest absolute Gasteiger partial charge is 0.191 e. The molecule has 2 saturated heterocycles. The van der Waals surface area contributed by atoms with Crippen molar-refractivity contribution in [3.05, 3.63) is 59.9 Å². The third-order valence-electron chi connectivity index (χ3n) is 5.12. The number of aliphatic imine (C=N–C) groups is 1. The van der Waals surface area contributed by atoms with Crippen LogP contribution < -0.4 is 15.4 Å². The van der Waals surface area contributed by atoms with E-state index in [-0.39, 0.29) is 24.0 Å². The van der Waals surface area contributed by atoms with Gasteiger partial charge in [0.25, 0.3) is 0 Å². The van der Waals surface area contributed by atoms with Crippen molar-refractivity contribution in [1.82, 2.24) is 15.6 Å². The largest absolute Gasteiger partial charge is 0.487 e. The van der Waals surface area contributed by atoms with Crippen molar-refractivity contribution < 1.29 is 9.47 Å². The van der Waals surface area contributed by atoms with Gasteiger partial charge in [-0.25, -0.2) is 0 Å². The number of fused-ring (bicyclic) bond motifs is 2. The van der Waals surface area contributed by atoms with Gasteiger partial charge in [-0.2, -0.15) is 0 Å². The van der Waals surface area contributed by atoms with Crippen molar-refractivity contribution in [2.75, 3.05) is 7.05 Å². The Kier molecular flexibility index (Phi) is 7.50. The van der Waals surface area contributed by atoms with Gasteiger partial charge in [0.15, 0.2) is 5.96 Å². The SMILES string of the molecule is CN=C(NCc1cccc(OCc2ccccn2)c1)NC1CC2CCC1O2.I. The fraction of sp³-hybridized carbons (Fsp3) is 0.429. The summed E-state index contributed by atoms with van der Waals surface area (Å²) in [6.45, 7) is 1.15. The Bertz CT molecular complexity index is 787. The van der Waals surface area contributed by atoms with E-state index in [0.29, 0.717) is 31.4 Å². The molecule has 3 heterocycles. The second kappa shape index (κ2) is 10.1. The van der Waals surface area contributed by atoms with Crippen molar-refractivity contribution in [2.45, 2.75) is 50.7 Å². The number of pyridine rings is 1. The summed E-state index contributed by atoms with van der Waals surface area (Å²) >= 11 is 0. The van der Waals surface area contributed by atoms with Gasteiger partial charge < -0.3 is 20.1 Å². The topological polar surface area (TPSA) is 67.8 Å². The van der Waals surface area contributed by atoms with Crippen molar-refractivity contribution >= 4 is 29.9 Å². The lowest BCUT2D eigenvalue weighted by Crippen LogP contribution is -2.47.